The summed E-state index contributed by atoms with van der Waals surface area (Å²) in [5, 5.41) is 1.86. The van der Waals surface area contributed by atoms with Gasteiger partial charge >= 0.3 is 0 Å². The van der Waals surface area contributed by atoms with E-state index in [-0.39, 0.29) is 0 Å². The maximum Gasteiger partial charge on any atom is 0.116 e. The fraction of sp³-hybridized carbons (Fsp3) is 0. The molecule has 0 atom stereocenters. The van der Waals surface area contributed by atoms with Crippen molar-refractivity contribution in [1.29, 1.82) is 0 Å². The minimum Gasteiger partial charge on any atom is -0.398 e. The van der Waals surface area contributed by atoms with Gasteiger partial charge in [-0.2, -0.15) is 0 Å². The van der Waals surface area contributed by atoms with Crippen LogP contribution in [0.5, 0.6) is 0 Å². The molecule has 0 unspecified atom stereocenters. The smallest absolute Gasteiger partial charge is 0.116 e. The second kappa shape index (κ2) is 4.62. The highest BCUT2D eigenvalue weighted by molar-refractivity contribution is 7.99. The van der Waals surface area contributed by atoms with Gasteiger partial charge in [0, 0.05) is 28.4 Å². The van der Waals surface area contributed by atoms with Crippen LogP contribution in [0.15, 0.2) is 59.0 Å². The first kappa shape index (κ1) is 11.0. The molecular weight excluding hydrogens is 244 g/mol. The van der Waals surface area contributed by atoms with Gasteiger partial charge in [-0.05, 0) is 30.3 Å². The van der Waals surface area contributed by atoms with E-state index in [9.17, 15) is 0 Å². The minimum atomic E-state index is 0.741. The summed E-state index contributed by atoms with van der Waals surface area (Å²) in [6, 6.07) is 9.60. The van der Waals surface area contributed by atoms with Gasteiger partial charge in [0.1, 0.15) is 11.4 Å². The molecule has 0 spiro atoms. The highest BCUT2D eigenvalue weighted by atomic mass is 32.2. The molecule has 0 radical (unpaired) electrons. The van der Waals surface area contributed by atoms with Gasteiger partial charge in [0.25, 0.3) is 0 Å². The van der Waals surface area contributed by atoms with Crippen molar-refractivity contribution in [3.63, 3.8) is 0 Å². The summed E-state index contributed by atoms with van der Waals surface area (Å²) in [7, 11) is 0. The molecule has 0 aliphatic rings. The molecule has 0 saturated heterocycles. The first-order chi connectivity index (χ1) is 8.84. The molecule has 4 nitrogen and oxygen atoms in total. The number of nitrogens with two attached hydrogens (primary N) is 1. The number of pyridine rings is 1. The number of fused-ring (bicyclic) bond motifs is 1. The van der Waals surface area contributed by atoms with Crippen LogP contribution in [0.3, 0.4) is 0 Å². The maximum absolute atomic E-state index is 5.94. The van der Waals surface area contributed by atoms with E-state index >= 15 is 0 Å². The molecule has 0 fully saturated rings. The van der Waals surface area contributed by atoms with Gasteiger partial charge in [0.2, 0.25) is 0 Å². The Kier molecular flexibility index (Phi) is 2.82. The third-order valence-electron chi connectivity index (χ3n) is 2.54. The van der Waals surface area contributed by atoms with E-state index in [0.29, 0.717) is 0 Å². The lowest BCUT2D eigenvalue weighted by Gasteiger charge is -2.06. The van der Waals surface area contributed by atoms with Crippen LogP contribution >= 0.6 is 11.8 Å². The van der Waals surface area contributed by atoms with Crippen LogP contribution in [0.2, 0.25) is 0 Å². The lowest BCUT2D eigenvalue weighted by Crippen LogP contribution is -1.90. The summed E-state index contributed by atoms with van der Waals surface area (Å²) in [5.41, 5.74) is 7.59. The number of anilines is 1. The second-order valence-corrected chi connectivity index (χ2v) is 4.76. The van der Waals surface area contributed by atoms with Crippen molar-refractivity contribution in [2.24, 2.45) is 0 Å². The maximum atomic E-state index is 5.94. The van der Waals surface area contributed by atoms with Crippen molar-refractivity contribution in [2.75, 3.05) is 5.73 Å². The molecule has 1 aromatic carbocycles. The minimum absolute atomic E-state index is 0.741. The van der Waals surface area contributed by atoms with Gasteiger partial charge in [-0.1, -0.05) is 11.8 Å². The van der Waals surface area contributed by atoms with Crippen LogP contribution in [-0.2, 0) is 0 Å². The van der Waals surface area contributed by atoms with E-state index in [4.69, 9.17) is 5.73 Å². The molecule has 2 aromatic heterocycles. The molecule has 0 aliphatic heterocycles. The molecule has 3 rings (SSSR count). The zero-order valence-corrected chi connectivity index (χ0v) is 10.3. The number of hydrogen-bond donors (Lipinski definition) is 1. The fourth-order valence-corrected chi connectivity index (χ4v) is 2.55. The molecule has 0 aliphatic carbocycles. The van der Waals surface area contributed by atoms with Crippen molar-refractivity contribution in [3.8, 4) is 0 Å². The first-order valence-electron chi connectivity index (χ1n) is 5.41. The Labute approximate surface area is 108 Å². The van der Waals surface area contributed by atoms with Gasteiger partial charge in [0.15, 0.2) is 0 Å². The fourth-order valence-electron chi connectivity index (χ4n) is 1.70. The number of benzene rings is 1. The predicted octanol–water partition coefficient (Wildman–Crippen LogP) is 2.76. The highest BCUT2D eigenvalue weighted by Gasteiger charge is 2.07. The molecule has 88 valence electrons. The average Bonchev–Trinajstić information content (AvgIpc) is 2.44. The zero-order chi connectivity index (χ0) is 12.4. The van der Waals surface area contributed by atoms with Crippen LogP contribution in [-0.4, -0.2) is 15.0 Å². The van der Waals surface area contributed by atoms with E-state index < -0.39 is 0 Å². The third-order valence-corrected chi connectivity index (χ3v) is 3.54. The Morgan fingerprint density at radius 2 is 1.94 bits per heavy atom. The largest absolute Gasteiger partial charge is 0.398 e. The molecule has 3 aromatic rings. The van der Waals surface area contributed by atoms with Crippen molar-refractivity contribution in [3.05, 3.63) is 49.1 Å². The van der Waals surface area contributed by atoms with Crippen molar-refractivity contribution in [1.82, 2.24) is 15.0 Å². The van der Waals surface area contributed by atoms with Crippen LogP contribution in [0, 0.1) is 0 Å². The number of aromatic nitrogens is 3. The molecule has 18 heavy (non-hydrogen) atoms. The van der Waals surface area contributed by atoms with Crippen LogP contribution < -0.4 is 5.73 Å². The van der Waals surface area contributed by atoms with E-state index in [1.54, 1.807) is 24.2 Å². The Morgan fingerprint density at radius 3 is 2.78 bits per heavy atom. The molecule has 2 N–H and O–H groups in total. The van der Waals surface area contributed by atoms with E-state index in [1.807, 2.05) is 30.3 Å². The molecular formula is C13H10N4S. The molecule has 0 bridgehead atoms. The normalized spacial score (nSPS) is 10.7. The number of hydrogen-bond acceptors (Lipinski definition) is 5. The summed E-state index contributed by atoms with van der Waals surface area (Å²) in [6.07, 6.45) is 5.03. The van der Waals surface area contributed by atoms with E-state index in [2.05, 4.69) is 15.0 Å². The van der Waals surface area contributed by atoms with Gasteiger partial charge in [-0.3, -0.25) is 4.98 Å². The Bertz CT molecular complexity index is 685. The molecule has 0 amide bonds. The summed E-state index contributed by atoms with van der Waals surface area (Å²) in [5.74, 6) is 0. The standard InChI is InChI=1S/C13H10N4S/c14-10-3-4-11(13-9(10)2-1-6-16-13)18-12-5-7-15-8-17-12/h1-8H,14H2. The second-order valence-electron chi connectivity index (χ2n) is 3.70. The summed E-state index contributed by atoms with van der Waals surface area (Å²) in [6.45, 7) is 0. The van der Waals surface area contributed by atoms with E-state index in [0.717, 1.165) is 26.5 Å². The topological polar surface area (TPSA) is 64.7 Å². The van der Waals surface area contributed by atoms with Crippen LogP contribution in [0.1, 0.15) is 0 Å². The summed E-state index contributed by atoms with van der Waals surface area (Å²) in [4.78, 5) is 13.5. The van der Waals surface area contributed by atoms with Crippen LogP contribution in [0.4, 0.5) is 5.69 Å². The van der Waals surface area contributed by atoms with Crippen LogP contribution in [0.25, 0.3) is 10.9 Å². The van der Waals surface area contributed by atoms with Gasteiger partial charge < -0.3 is 5.73 Å². The number of nitrogens with zero attached hydrogens (tertiary/aromatic N) is 3. The first-order valence-corrected chi connectivity index (χ1v) is 6.23. The molecule has 0 saturated carbocycles. The van der Waals surface area contributed by atoms with Gasteiger partial charge in [-0.15, -0.1) is 0 Å². The predicted molar refractivity (Wildman–Crippen MR) is 72.3 cm³/mol. The SMILES string of the molecule is Nc1ccc(Sc2ccncn2)c2ncccc12. The number of nitrogen functional groups attached to an aromatic ring is 1. The third kappa shape index (κ3) is 2.00. The molecule has 5 heteroatoms. The highest BCUT2D eigenvalue weighted by Crippen LogP contribution is 2.33. The van der Waals surface area contributed by atoms with Crippen molar-refractivity contribution in [2.45, 2.75) is 9.92 Å². The summed E-state index contributed by atoms with van der Waals surface area (Å²) >= 11 is 1.56. The lowest BCUT2D eigenvalue weighted by molar-refractivity contribution is 1.05. The van der Waals surface area contributed by atoms with Gasteiger partial charge in [0.05, 0.1) is 5.52 Å². The molecule has 2 heterocycles. The van der Waals surface area contributed by atoms with E-state index in [1.165, 1.54) is 6.33 Å². The quantitative estimate of drug-likeness (QED) is 0.562. The zero-order valence-electron chi connectivity index (χ0n) is 9.45. The number of rotatable bonds is 2. The Hall–Kier alpha value is -2.14. The average molecular weight is 254 g/mol. The summed E-state index contributed by atoms with van der Waals surface area (Å²) < 4.78 is 0. The Morgan fingerprint density at radius 1 is 1.00 bits per heavy atom. The lowest BCUT2D eigenvalue weighted by atomic mass is 10.2. The monoisotopic (exact) mass is 254 g/mol. The van der Waals surface area contributed by atoms with Crippen molar-refractivity contribution < 1.29 is 0 Å². The van der Waals surface area contributed by atoms with Gasteiger partial charge in [-0.25, -0.2) is 9.97 Å². The van der Waals surface area contributed by atoms with Crippen molar-refractivity contribution >= 4 is 28.4 Å². The Balaban J connectivity index is 2.10.